The number of carboxylic acids is 1. The lowest BCUT2D eigenvalue weighted by Crippen LogP contribution is -2.37. The number of likely N-dealkylation sites (tertiary alicyclic amines) is 1. The van der Waals surface area contributed by atoms with E-state index in [1.807, 2.05) is 0 Å². The lowest BCUT2D eigenvalue weighted by molar-refractivity contribution is -0.138. The van der Waals surface area contributed by atoms with E-state index in [0.717, 1.165) is 45.3 Å². The van der Waals surface area contributed by atoms with Gasteiger partial charge in [0.05, 0.1) is 19.1 Å². The molecule has 4 nitrogen and oxygen atoms in total. The summed E-state index contributed by atoms with van der Waals surface area (Å²) in [5.41, 5.74) is 0. The van der Waals surface area contributed by atoms with E-state index in [9.17, 15) is 4.79 Å². The average Bonchev–Trinajstić information content (AvgIpc) is 2.31. The summed E-state index contributed by atoms with van der Waals surface area (Å²) in [5.74, 6) is 1.85. The molecule has 96 valence electrons. The number of hydrogen-bond acceptors (Lipinski definition) is 3. The molecule has 0 radical (unpaired) electrons. The van der Waals surface area contributed by atoms with E-state index in [-0.39, 0.29) is 12.5 Å². The van der Waals surface area contributed by atoms with Crippen molar-refractivity contribution in [2.75, 3.05) is 26.2 Å². The Balaban J connectivity index is 2.05. The highest BCUT2D eigenvalue weighted by atomic mass is 16.5. The van der Waals surface area contributed by atoms with Crippen molar-refractivity contribution in [3.8, 4) is 12.3 Å². The molecule has 17 heavy (non-hydrogen) atoms. The third-order valence-electron chi connectivity index (χ3n) is 3.00. The average molecular weight is 239 g/mol. The number of hydrogen-bond donors (Lipinski definition) is 1. The molecule has 0 aliphatic carbocycles. The van der Waals surface area contributed by atoms with Crippen molar-refractivity contribution in [2.24, 2.45) is 0 Å². The fraction of sp³-hybridized carbons (Fsp3) is 0.769. The number of terminal acetylenes is 1. The van der Waals surface area contributed by atoms with Crippen LogP contribution in [0.4, 0.5) is 0 Å². The zero-order chi connectivity index (χ0) is 12.5. The highest BCUT2D eigenvalue weighted by molar-refractivity contribution is 5.66. The zero-order valence-corrected chi connectivity index (χ0v) is 10.2. The maximum Gasteiger partial charge on any atom is 0.305 e. The molecule has 1 rings (SSSR count). The molecule has 0 amide bonds. The number of carbonyl (C=O) groups is 1. The van der Waals surface area contributed by atoms with Crippen LogP contribution in [-0.4, -0.2) is 48.3 Å². The van der Waals surface area contributed by atoms with Gasteiger partial charge in [0.25, 0.3) is 0 Å². The molecule has 1 fully saturated rings. The quantitative estimate of drug-likeness (QED) is 0.538. The second kappa shape index (κ2) is 8.10. The van der Waals surface area contributed by atoms with E-state index in [0.29, 0.717) is 6.61 Å². The Labute approximate surface area is 103 Å². The fourth-order valence-electron chi connectivity index (χ4n) is 2.02. The van der Waals surface area contributed by atoms with E-state index in [2.05, 4.69) is 10.8 Å². The molecule has 0 bridgehead atoms. The second-order valence-corrected chi connectivity index (χ2v) is 4.36. The molecule has 0 unspecified atom stereocenters. The minimum absolute atomic E-state index is 0.0996. The summed E-state index contributed by atoms with van der Waals surface area (Å²) >= 11 is 0. The van der Waals surface area contributed by atoms with Crippen molar-refractivity contribution in [3.63, 3.8) is 0 Å². The van der Waals surface area contributed by atoms with Crippen LogP contribution in [0.5, 0.6) is 0 Å². The van der Waals surface area contributed by atoms with E-state index in [4.69, 9.17) is 16.3 Å². The van der Waals surface area contributed by atoms with E-state index >= 15 is 0 Å². The van der Waals surface area contributed by atoms with Crippen molar-refractivity contribution in [1.29, 1.82) is 0 Å². The lowest BCUT2D eigenvalue weighted by atomic mass is 10.1. The topological polar surface area (TPSA) is 49.8 Å². The van der Waals surface area contributed by atoms with Gasteiger partial charge in [-0.2, -0.15) is 0 Å². The first kappa shape index (κ1) is 14.0. The molecular formula is C13H21NO3. The van der Waals surface area contributed by atoms with Gasteiger partial charge in [-0.15, -0.1) is 12.3 Å². The summed E-state index contributed by atoms with van der Waals surface area (Å²) in [7, 11) is 0. The molecule has 1 heterocycles. The normalized spacial score (nSPS) is 17.8. The van der Waals surface area contributed by atoms with Gasteiger partial charge in [0.1, 0.15) is 0 Å². The summed E-state index contributed by atoms with van der Waals surface area (Å²) in [6.45, 7) is 3.45. The summed E-state index contributed by atoms with van der Waals surface area (Å²) in [6, 6.07) is 0. The minimum atomic E-state index is -0.795. The Bertz CT molecular complexity index is 264. The lowest BCUT2D eigenvalue weighted by Gasteiger charge is -2.31. The largest absolute Gasteiger partial charge is 0.481 e. The maximum atomic E-state index is 10.3. The van der Waals surface area contributed by atoms with Crippen LogP contribution < -0.4 is 0 Å². The van der Waals surface area contributed by atoms with Gasteiger partial charge in [0.2, 0.25) is 0 Å². The Hall–Kier alpha value is -1.05. The number of carboxylic acid groups (broad SMARTS) is 1. The number of aliphatic carboxylic acids is 1. The van der Waals surface area contributed by atoms with E-state index < -0.39 is 5.97 Å². The molecule has 0 atom stereocenters. The van der Waals surface area contributed by atoms with Gasteiger partial charge in [0.15, 0.2) is 0 Å². The van der Waals surface area contributed by atoms with Crippen LogP contribution in [0.3, 0.4) is 0 Å². The predicted octanol–water partition coefficient (Wildman–Crippen LogP) is 1.36. The SMILES string of the molecule is C#CCCCN1CCC(OCCC(=O)O)CC1. The molecular weight excluding hydrogens is 218 g/mol. The first-order valence-corrected chi connectivity index (χ1v) is 6.21. The maximum absolute atomic E-state index is 10.3. The molecule has 0 spiro atoms. The van der Waals surface area contributed by atoms with Crippen LogP contribution in [0.2, 0.25) is 0 Å². The molecule has 1 N–H and O–H groups in total. The molecule has 1 saturated heterocycles. The first-order chi connectivity index (χ1) is 8.22. The summed E-state index contributed by atoms with van der Waals surface area (Å²) in [4.78, 5) is 12.7. The number of piperidine rings is 1. The predicted molar refractivity (Wildman–Crippen MR) is 65.7 cm³/mol. The summed E-state index contributed by atoms with van der Waals surface area (Å²) in [6.07, 6.45) is 9.43. The van der Waals surface area contributed by atoms with E-state index in [1.54, 1.807) is 0 Å². The van der Waals surface area contributed by atoms with Crippen LogP contribution in [-0.2, 0) is 9.53 Å². The molecule has 0 aromatic heterocycles. The Morgan fingerprint density at radius 2 is 2.18 bits per heavy atom. The van der Waals surface area contributed by atoms with Gasteiger partial charge in [0, 0.05) is 19.5 Å². The third kappa shape index (κ3) is 6.30. The molecule has 0 saturated carbocycles. The molecule has 1 aliphatic heterocycles. The van der Waals surface area contributed by atoms with Crippen LogP contribution in [0, 0.1) is 12.3 Å². The van der Waals surface area contributed by atoms with Crippen molar-refractivity contribution < 1.29 is 14.6 Å². The standard InChI is InChI=1S/C13H21NO3/c1-2-3-4-8-14-9-5-12(6-10-14)17-11-7-13(15)16/h1,12H,3-11H2,(H,15,16). The Morgan fingerprint density at radius 3 is 2.76 bits per heavy atom. The van der Waals surface area contributed by atoms with Crippen LogP contribution >= 0.6 is 0 Å². The van der Waals surface area contributed by atoms with Crippen LogP contribution in [0.25, 0.3) is 0 Å². The minimum Gasteiger partial charge on any atom is -0.481 e. The highest BCUT2D eigenvalue weighted by Crippen LogP contribution is 2.14. The van der Waals surface area contributed by atoms with Gasteiger partial charge in [-0.25, -0.2) is 0 Å². The number of rotatable bonds is 7. The van der Waals surface area contributed by atoms with E-state index in [1.165, 1.54) is 0 Å². The molecule has 4 heteroatoms. The monoisotopic (exact) mass is 239 g/mol. The Morgan fingerprint density at radius 1 is 1.47 bits per heavy atom. The smallest absolute Gasteiger partial charge is 0.305 e. The fourth-order valence-corrected chi connectivity index (χ4v) is 2.02. The second-order valence-electron chi connectivity index (χ2n) is 4.36. The number of nitrogens with zero attached hydrogens (tertiary/aromatic N) is 1. The number of ether oxygens (including phenoxy) is 1. The third-order valence-corrected chi connectivity index (χ3v) is 3.00. The zero-order valence-electron chi connectivity index (χ0n) is 10.2. The summed E-state index contributed by atoms with van der Waals surface area (Å²) in [5, 5.41) is 8.50. The van der Waals surface area contributed by atoms with Gasteiger partial charge < -0.3 is 14.7 Å². The first-order valence-electron chi connectivity index (χ1n) is 6.21. The number of unbranched alkanes of at least 4 members (excludes halogenated alkanes) is 1. The molecule has 0 aromatic carbocycles. The van der Waals surface area contributed by atoms with Gasteiger partial charge in [-0.1, -0.05) is 0 Å². The molecule has 1 aliphatic rings. The van der Waals surface area contributed by atoms with Crippen molar-refractivity contribution in [2.45, 2.75) is 38.2 Å². The van der Waals surface area contributed by atoms with Crippen LogP contribution in [0.15, 0.2) is 0 Å². The van der Waals surface area contributed by atoms with Gasteiger partial charge >= 0.3 is 5.97 Å². The Kier molecular flexibility index (Phi) is 6.68. The van der Waals surface area contributed by atoms with Crippen LogP contribution in [0.1, 0.15) is 32.1 Å². The van der Waals surface area contributed by atoms with Crippen molar-refractivity contribution in [1.82, 2.24) is 4.90 Å². The van der Waals surface area contributed by atoms with Crippen molar-refractivity contribution in [3.05, 3.63) is 0 Å². The highest BCUT2D eigenvalue weighted by Gasteiger charge is 2.19. The van der Waals surface area contributed by atoms with Crippen molar-refractivity contribution >= 4 is 5.97 Å². The van der Waals surface area contributed by atoms with Gasteiger partial charge in [-0.3, -0.25) is 4.79 Å². The van der Waals surface area contributed by atoms with Gasteiger partial charge in [-0.05, 0) is 25.8 Å². The molecule has 0 aromatic rings. The summed E-state index contributed by atoms with van der Waals surface area (Å²) < 4.78 is 5.53.